The van der Waals surface area contributed by atoms with E-state index in [1.54, 1.807) is 12.1 Å². The lowest BCUT2D eigenvalue weighted by Gasteiger charge is -2.26. The highest BCUT2D eigenvalue weighted by Crippen LogP contribution is 2.21. The molecule has 1 amide bonds. The summed E-state index contributed by atoms with van der Waals surface area (Å²) in [5.74, 6) is -0.579. The van der Waals surface area contributed by atoms with Gasteiger partial charge in [0.05, 0.1) is 5.54 Å². The van der Waals surface area contributed by atoms with Crippen LogP contribution in [0, 0.1) is 5.82 Å². The van der Waals surface area contributed by atoms with E-state index in [-0.39, 0.29) is 17.3 Å². The van der Waals surface area contributed by atoms with E-state index in [9.17, 15) is 9.18 Å². The predicted octanol–water partition coefficient (Wildman–Crippen LogP) is 2.04. The van der Waals surface area contributed by atoms with Crippen molar-refractivity contribution in [3.8, 4) is 0 Å². The van der Waals surface area contributed by atoms with Crippen LogP contribution in [0.2, 0.25) is 0 Å². The van der Waals surface area contributed by atoms with E-state index < -0.39 is 0 Å². The molecule has 0 aromatic heterocycles. The molecule has 0 spiro atoms. The van der Waals surface area contributed by atoms with Gasteiger partial charge in [-0.15, -0.1) is 0 Å². The molecule has 1 aliphatic rings. The third-order valence-corrected chi connectivity index (χ3v) is 3.50. The van der Waals surface area contributed by atoms with E-state index in [2.05, 4.69) is 17.1 Å². The van der Waals surface area contributed by atoms with E-state index in [4.69, 9.17) is 0 Å². The summed E-state index contributed by atoms with van der Waals surface area (Å²) >= 11 is 0. The number of rotatable bonds is 3. The monoisotopic (exact) mass is 250 g/mol. The van der Waals surface area contributed by atoms with E-state index in [0.717, 1.165) is 26.1 Å². The van der Waals surface area contributed by atoms with Crippen LogP contribution in [0.4, 0.5) is 4.39 Å². The molecule has 0 bridgehead atoms. The van der Waals surface area contributed by atoms with Gasteiger partial charge in [0.25, 0.3) is 5.91 Å². The van der Waals surface area contributed by atoms with Crippen molar-refractivity contribution in [2.24, 2.45) is 0 Å². The molecular weight excluding hydrogens is 231 g/mol. The number of likely N-dealkylation sites (tertiary alicyclic amines) is 1. The van der Waals surface area contributed by atoms with Gasteiger partial charge in [-0.05, 0) is 38.1 Å². The molecule has 1 unspecified atom stereocenters. The summed E-state index contributed by atoms with van der Waals surface area (Å²) in [6.07, 6.45) is 0.932. The highest BCUT2D eigenvalue weighted by Gasteiger charge is 2.34. The number of nitrogens with zero attached hydrogens (tertiary/aromatic N) is 1. The van der Waals surface area contributed by atoms with Gasteiger partial charge in [0.15, 0.2) is 0 Å². The number of hydrogen-bond donors (Lipinski definition) is 1. The summed E-state index contributed by atoms with van der Waals surface area (Å²) in [5.41, 5.74) is 0.172. The average Bonchev–Trinajstić information content (AvgIpc) is 2.71. The van der Waals surface area contributed by atoms with Gasteiger partial charge in [-0.3, -0.25) is 4.79 Å². The Labute approximate surface area is 107 Å². The van der Waals surface area contributed by atoms with Crippen LogP contribution in [0.1, 0.15) is 30.6 Å². The first-order valence-electron chi connectivity index (χ1n) is 6.33. The number of carbonyl (C=O) groups is 1. The van der Waals surface area contributed by atoms with Crippen molar-refractivity contribution in [2.75, 3.05) is 19.6 Å². The largest absolute Gasteiger partial charge is 0.346 e. The predicted molar refractivity (Wildman–Crippen MR) is 69.0 cm³/mol. The second kappa shape index (κ2) is 5.06. The van der Waals surface area contributed by atoms with Gasteiger partial charge < -0.3 is 10.2 Å². The topological polar surface area (TPSA) is 32.3 Å². The van der Waals surface area contributed by atoms with Gasteiger partial charge in [-0.25, -0.2) is 4.39 Å². The van der Waals surface area contributed by atoms with Crippen LogP contribution in [-0.2, 0) is 0 Å². The van der Waals surface area contributed by atoms with Gasteiger partial charge in [0, 0.05) is 18.7 Å². The molecule has 1 atom stereocenters. The minimum Gasteiger partial charge on any atom is -0.346 e. The van der Waals surface area contributed by atoms with Crippen molar-refractivity contribution < 1.29 is 9.18 Å². The molecule has 0 aliphatic carbocycles. The second-order valence-corrected chi connectivity index (χ2v) is 5.14. The van der Waals surface area contributed by atoms with Crippen LogP contribution in [-0.4, -0.2) is 36.0 Å². The molecule has 18 heavy (non-hydrogen) atoms. The zero-order valence-corrected chi connectivity index (χ0v) is 10.9. The van der Waals surface area contributed by atoms with Crippen molar-refractivity contribution in [1.82, 2.24) is 10.2 Å². The Morgan fingerprint density at radius 2 is 2.33 bits per heavy atom. The number of amides is 1. The summed E-state index contributed by atoms with van der Waals surface area (Å²) in [6.45, 7) is 6.99. The highest BCUT2D eigenvalue weighted by molar-refractivity contribution is 5.94. The van der Waals surface area contributed by atoms with Crippen LogP contribution in [0.15, 0.2) is 24.3 Å². The molecule has 1 N–H and O–H groups in total. The van der Waals surface area contributed by atoms with Crippen LogP contribution in [0.3, 0.4) is 0 Å². The standard InChI is InChI=1S/C14H19FN2O/c1-3-17-8-7-14(2,10-17)16-13(18)11-5-4-6-12(15)9-11/h4-6,9H,3,7-8,10H2,1-2H3,(H,16,18). The molecule has 1 aliphatic heterocycles. The SMILES string of the molecule is CCN1CCC(C)(NC(=O)c2cccc(F)c2)C1. The van der Waals surface area contributed by atoms with Crippen LogP contribution >= 0.6 is 0 Å². The minimum atomic E-state index is -0.380. The third-order valence-electron chi connectivity index (χ3n) is 3.50. The summed E-state index contributed by atoms with van der Waals surface area (Å²) in [5, 5.41) is 3.02. The first-order valence-corrected chi connectivity index (χ1v) is 6.33. The third kappa shape index (κ3) is 2.88. The Morgan fingerprint density at radius 1 is 1.56 bits per heavy atom. The van der Waals surface area contributed by atoms with Crippen molar-refractivity contribution in [2.45, 2.75) is 25.8 Å². The van der Waals surface area contributed by atoms with E-state index in [0.29, 0.717) is 5.56 Å². The number of nitrogens with one attached hydrogen (secondary N) is 1. The Morgan fingerprint density at radius 3 is 2.94 bits per heavy atom. The summed E-state index contributed by atoms with van der Waals surface area (Å²) < 4.78 is 13.1. The maximum absolute atomic E-state index is 13.1. The molecular formula is C14H19FN2O. The molecule has 1 aromatic carbocycles. The smallest absolute Gasteiger partial charge is 0.251 e. The van der Waals surface area contributed by atoms with Gasteiger partial charge in [0.2, 0.25) is 0 Å². The number of halogens is 1. The summed E-state index contributed by atoms with van der Waals surface area (Å²) in [4.78, 5) is 14.4. The Balaban J connectivity index is 2.04. The molecule has 0 radical (unpaired) electrons. The second-order valence-electron chi connectivity index (χ2n) is 5.14. The highest BCUT2D eigenvalue weighted by atomic mass is 19.1. The van der Waals surface area contributed by atoms with Gasteiger partial charge in [-0.2, -0.15) is 0 Å². The molecule has 1 fully saturated rings. The quantitative estimate of drug-likeness (QED) is 0.890. The average molecular weight is 250 g/mol. The maximum atomic E-state index is 13.1. The fraction of sp³-hybridized carbons (Fsp3) is 0.500. The fourth-order valence-corrected chi connectivity index (χ4v) is 2.40. The first kappa shape index (κ1) is 13.0. The number of benzene rings is 1. The Hall–Kier alpha value is -1.42. The van der Waals surface area contributed by atoms with Crippen molar-refractivity contribution in [3.63, 3.8) is 0 Å². The number of likely N-dealkylation sites (N-methyl/N-ethyl adjacent to an activating group) is 1. The van der Waals surface area contributed by atoms with Crippen molar-refractivity contribution in [1.29, 1.82) is 0 Å². The molecule has 4 heteroatoms. The Kier molecular flexibility index (Phi) is 3.66. The summed E-state index contributed by atoms with van der Waals surface area (Å²) in [6, 6.07) is 5.80. The van der Waals surface area contributed by atoms with Gasteiger partial charge in [0.1, 0.15) is 5.82 Å². The zero-order valence-electron chi connectivity index (χ0n) is 10.9. The van der Waals surface area contributed by atoms with Gasteiger partial charge >= 0.3 is 0 Å². The zero-order chi connectivity index (χ0) is 13.2. The lowest BCUT2D eigenvalue weighted by Crippen LogP contribution is -2.47. The first-order chi connectivity index (χ1) is 8.52. The molecule has 1 saturated heterocycles. The van der Waals surface area contributed by atoms with Crippen LogP contribution < -0.4 is 5.32 Å². The fourth-order valence-electron chi connectivity index (χ4n) is 2.40. The Bertz CT molecular complexity index is 449. The van der Waals surface area contributed by atoms with E-state index in [1.807, 2.05) is 6.92 Å². The maximum Gasteiger partial charge on any atom is 0.251 e. The van der Waals surface area contributed by atoms with Crippen molar-refractivity contribution >= 4 is 5.91 Å². The molecule has 2 rings (SSSR count). The molecule has 1 heterocycles. The minimum absolute atomic E-state index is 0.199. The molecule has 0 saturated carbocycles. The molecule has 1 aromatic rings. The lowest BCUT2D eigenvalue weighted by atomic mass is 10.0. The summed E-state index contributed by atoms with van der Waals surface area (Å²) in [7, 11) is 0. The van der Waals surface area contributed by atoms with E-state index >= 15 is 0 Å². The van der Waals surface area contributed by atoms with Gasteiger partial charge in [-0.1, -0.05) is 13.0 Å². The number of carbonyl (C=O) groups excluding carboxylic acids is 1. The molecule has 3 nitrogen and oxygen atoms in total. The lowest BCUT2D eigenvalue weighted by molar-refractivity contribution is 0.0908. The van der Waals surface area contributed by atoms with Crippen LogP contribution in [0.25, 0.3) is 0 Å². The van der Waals surface area contributed by atoms with Crippen molar-refractivity contribution in [3.05, 3.63) is 35.6 Å². The van der Waals surface area contributed by atoms with Crippen LogP contribution in [0.5, 0.6) is 0 Å². The normalized spacial score (nSPS) is 24.2. The number of hydrogen-bond acceptors (Lipinski definition) is 2. The van der Waals surface area contributed by atoms with E-state index in [1.165, 1.54) is 12.1 Å². The molecule has 98 valence electrons.